The van der Waals surface area contributed by atoms with Crippen LogP contribution in [0, 0.1) is 11.8 Å². The molecule has 2 amide bonds. The van der Waals surface area contributed by atoms with Crippen LogP contribution < -0.4 is 16.1 Å². The van der Waals surface area contributed by atoms with Gasteiger partial charge >= 0.3 is 13.2 Å². The second-order valence-corrected chi connectivity index (χ2v) is 12.1. The summed E-state index contributed by atoms with van der Waals surface area (Å²) in [7, 11) is -0.498. The second-order valence-electron chi connectivity index (χ2n) is 12.1. The van der Waals surface area contributed by atoms with Gasteiger partial charge in [0.15, 0.2) is 0 Å². The van der Waals surface area contributed by atoms with E-state index >= 15 is 0 Å². The Morgan fingerprint density at radius 3 is 2.28 bits per heavy atom. The van der Waals surface area contributed by atoms with Crippen molar-refractivity contribution in [2.75, 3.05) is 25.0 Å². The summed E-state index contributed by atoms with van der Waals surface area (Å²) in [6.45, 7) is 19.2. The maximum absolute atomic E-state index is 13.1. The molecule has 3 heterocycles. The highest BCUT2D eigenvalue weighted by atomic mass is 16.7. The van der Waals surface area contributed by atoms with Crippen LogP contribution in [0.25, 0.3) is 0 Å². The van der Waals surface area contributed by atoms with Crippen molar-refractivity contribution in [1.82, 2.24) is 20.2 Å². The van der Waals surface area contributed by atoms with Crippen LogP contribution in [0.2, 0.25) is 0 Å². The molecule has 1 aromatic rings. The van der Waals surface area contributed by atoms with Gasteiger partial charge in [-0.3, -0.25) is 4.79 Å². The van der Waals surface area contributed by atoms with Gasteiger partial charge in [0.05, 0.1) is 11.2 Å². The third kappa shape index (κ3) is 6.88. The quantitative estimate of drug-likeness (QED) is 0.546. The molecule has 2 aliphatic heterocycles. The standard InChI is InChI=1S/C25H42BN5O5/c1-16(2)19(30-22(33)34-23(3,4)5)20(32)31-11-10-17(15-31)12-27-21-28-13-18(14-29-21)26-35-24(6,7)25(8,9)36-26/h13-14,16-17,19H,10-12,15H2,1-9H3,(H,30,33)(H,27,28,29)/t17-,19-/m0/s1. The van der Waals surface area contributed by atoms with Crippen LogP contribution in [0.15, 0.2) is 12.4 Å². The number of ether oxygens (including phenoxy) is 1. The van der Waals surface area contributed by atoms with Crippen LogP contribution in [-0.2, 0) is 18.8 Å². The molecule has 36 heavy (non-hydrogen) atoms. The van der Waals surface area contributed by atoms with E-state index in [1.165, 1.54) is 0 Å². The molecule has 2 saturated heterocycles. The first-order valence-corrected chi connectivity index (χ1v) is 12.8. The Balaban J connectivity index is 1.50. The predicted molar refractivity (Wildman–Crippen MR) is 139 cm³/mol. The molecular weight excluding hydrogens is 461 g/mol. The summed E-state index contributed by atoms with van der Waals surface area (Å²) < 4.78 is 17.5. The molecule has 200 valence electrons. The van der Waals surface area contributed by atoms with E-state index < -0.39 is 36.1 Å². The SMILES string of the molecule is CC(C)[C@H](NC(=O)OC(C)(C)C)C(=O)N1CC[C@@H](CNc2ncc(B3OC(C)(C)C(C)(C)O3)cn2)C1. The number of nitrogens with one attached hydrogen (secondary N) is 2. The van der Waals surface area contributed by atoms with Gasteiger partial charge in [0.1, 0.15) is 11.6 Å². The molecule has 0 unspecified atom stereocenters. The molecule has 0 radical (unpaired) electrons. The van der Waals surface area contributed by atoms with E-state index in [0.29, 0.717) is 25.6 Å². The molecule has 2 aliphatic rings. The van der Waals surface area contributed by atoms with Crippen molar-refractivity contribution in [1.29, 1.82) is 0 Å². The average molecular weight is 503 g/mol. The first-order chi connectivity index (χ1) is 16.6. The van der Waals surface area contributed by atoms with Crippen LogP contribution in [0.4, 0.5) is 10.7 Å². The van der Waals surface area contributed by atoms with Crippen LogP contribution in [0.5, 0.6) is 0 Å². The Hall–Kier alpha value is -2.40. The summed E-state index contributed by atoms with van der Waals surface area (Å²) >= 11 is 0. The Bertz CT molecular complexity index is 916. The zero-order chi connectivity index (χ0) is 26.9. The molecule has 1 aromatic heterocycles. The molecular formula is C25H42BN5O5. The van der Waals surface area contributed by atoms with Crippen molar-refractivity contribution < 1.29 is 23.6 Å². The number of hydrogen-bond donors (Lipinski definition) is 2. The van der Waals surface area contributed by atoms with Crippen LogP contribution in [-0.4, -0.2) is 76.5 Å². The summed E-state index contributed by atoms with van der Waals surface area (Å²) in [5.41, 5.74) is -0.688. The van der Waals surface area contributed by atoms with E-state index in [0.717, 1.165) is 11.9 Å². The van der Waals surface area contributed by atoms with E-state index in [1.807, 2.05) is 46.4 Å². The van der Waals surface area contributed by atoms with Crippen LogP contribution >= 0.6 is 0 Å². The average Bonchev–Trinajstić information content (AvgIpc) is 3.30. The van der Waals surface area contributed by atoms with E-state index in [4.69, 9.17) is 14.0 Å². The highest BCUT2D eigenvalue weighted by Gasteiger charge is 2.52. The number of alkyl carbamates (subject to hydrolysis) is 1. The number of amides is 2. The number of hydrogen-bond acceptors (Lipinski definition) is 8. The van der Waals surface area contributed by atoms with E-state index in [2.05, 4.69) is 20.6 Å². The van der Waals surface area contributed by atoms with Gasteiger partial charge in [-0.25, -0.2) is 14.8 Å². The number of carbonyl (C=O) groups excluding carboxylic acids is 2. The highest BCUT2D eigenvalue weighted by molar-refractivity contribution is 6.61. The van der Waals surface area contributed by atoms with E-state index in [9.17, 15) is 9.59 Å². The van der Waals surface area contributed by atoms with Crippen molar-refractivity contribution in [2.24, 2.45) is 11.8 Å². The molecule has 0 saturated carbocycles. The number of aromatic nitrogens is 2. The minimum atomic E-state index is -0.627. The van der Waals surface area contributed by atoms with Crippen molar-refractivity contribution >= 4 is 30.5 Å². The minimum Gasteiger partial charge on any atom is -0.444 e. The molecule has 2 N–H and O–H groups in total. The Morgan fingerprint density at radius 2 is 1.75 bits per heavy atom. The summed E-state index contributed by atoms with van der Waals surface area (Å²) in [6.07, 6.45) is 3.73. The zero-order valence-corrected chi connectivity index (χ0v) is 23.2. The molecule has 2 atom stereocenters. The minimum absolute atomic E-state index is 0.0573. The van der Waals surface area contributed by atoms with Gasteiger partial charge in [-0.1, -0.05) is 13.8 Å². The van der Waals surface area contributed by atoms with E-state index in [1.54, 1.807) is 33.2 Å². The maximum Gasteiger partial charge on any atom is 0.498 e. The number of rotatable bonds is 7. The highest BCUT2D eigenvalue weighted by Crippen LogP contribution is 2.36. The van der Waals surface area contributed by atoms with Crippen molar-refractivity contribution in [3.05, 3.63) is 12.4 Å². The number of carbonyl (C=O) groups is 2. The molecule has 0 aromatic carbocycles. The summed E-state index contributed by atoms with van der Waals surface area (Å²) in [5, 5.41) is 6.03. The van der Waals surface area contributed by atoms with Crippen LogP contribution in [0.1, 0.15) is 68.7 Å². The lowest BCUT2D eigenvalue weighted by Crippen LogP contribution is -2.51. The van der Waals surface area contributed by atoms with Gasteiger partial charge in [0.2, 0.25) is 11.9 Å². The van der Waals surface area contributed by atoms with Gasteiger partial charge in [-0.05, 0) is 66.7 Å². The lowest BCUT2D eigenvalue weighted by atomic mass is 9.81. The zero-order valence-electron chi connectivity index (χ0n) is 23.2. The van der Waals surface area contributed by atoms with Crippen LogP contribution in [0.3, 0.4) is 0 Å². The number of nitrogens with zero attached hydrogens (tertiary/aromatic N) is 3. The lowest BCUT2D eigenvalue weighted by Gasteiger charge is -2.32. The summed E-state index contributed by atoms with van der Waals surface area (Å²) in [5.74, 6) is 0.640. The fourth-order valence-electron chi connectivity index (χ4n) is 4.11. The van der Waals surface area contributed by atoms with Crippen molar-refractivity contribution in [3.8, 4) is 0 Å². The molecule has 0 bridgehead atoms. The first-order valence-electron chi connectivity index (χ1n) is 12.8. The molecule has 3 rings (SSSR count). The second kappa shape index (κ2) is 10.5. The topological polar surface area (TPSA) is 115 Å². The molecule has 2 fully saturated rings. The summed E-state index contributed by atoms with van der Waals surface area (Å²) in [6, 6.07) is -0.627. The maximum atomic E-state index is 13.1. The van der Waals surface area contributed by atoms with Gasteiger partial charge in [0.25, 0.3) is 0 Å². The van der Waals surface area contributed by atoms with Crippen molar-refractivity contribution in [3.63, 3.8) is 0 Å². The normalized spacial score (nSPS) is 22.0. The fourth-order valence-corrected chi connectivity index (χ4v) is 4.11. The van der Waals surface area contributed by atoms with E-state index in [-0.39, 0.29) is 17.7 Å². The molecule has 0 aliphatic carbocycles. The smallest absolute Gasteiger partial charge is 0.444 e. The van der Waals surface area contributed by atoms with Gasteiger partial charge in [-0.15, -0.1) is 0 Å². The Kier molecular flexibility index (Phi) is 8.25. The van der Waals surface area contributed by atoms with Gasteiger partial charge < -0.3 is 29.6 Å². The molecule has 0 spiro atoms. The molecule has 11 heteroatoms. The van der Waals surface area contributed by atoms with Gasteiger partial charge in [0, 0.05) is 37.5 Å². The largest absolute Gasteiger partial charge is 0.498 e. The third-order valence-corrected chi connectivity index (χ3v) is 6.95. The van der Waals surface area contributed by atoms with Gasteiger partial charge in [-0.2, -0.15) is 0 Å². The Morgan fingerprint density at radius 1 is 1.17 bits per heavy atom. The Labute approximate surface area is 215 Å². The summed E-state index contributed by atoms with van der Waals surface area (Å²) in [4.78, 5) is 36.1. The predicted octanol–water partition coefficient (Wildman–Crippen LogP) is 2.59. The first kappa shape index (κ1) is 28.2. The number of anilines is 1. The third-order valence-electron chi connectivity index (χ3n) is 6.95. The fraction of sp³-hybridized carbons (Fsp3) is 0.760. The molecule has 10 nitrogen and oxygen atoms in total. The monoisotopic (exact) mass is 503 g/mol. The number of likely N-dealkylation sites (tertiary alicyclic amines) is 1. The lowest BCUT2D eigenvalue weighted by molar-refractivity contribution is -0.133. The van der Waals surface area contributed by atoms with Crippen molar-refractivity contribution in [2.45, 2.75) is 91.6 Å².